The number of hydrogen-bond donors (Lipinski definition) is 1. The molecule has 1 aromatic carbocycles. The van der Waals surface area contributed by atoms with Crippen LogP contribution in [0.3, 0.4) is 0 Å². The molecule has 3 rings (SSSR count). The number of aromatic nitrogens is 2. The first kappa shape index (κ1) is 21.7. The van der Waals surface area contributed by atoms with Crippen LogP contribution in [-0.4, -0.2) is 45.2 Å². The number of rotatable bonds is 6. The van der Waals surface area contributed by atoms with Crippen LogP contribution < -0.4 is 10.1 Å². The topological polar surface area (TPSA) is 67.4 Å². The Morgan fingerprint density at radius 3 is 2.52 bits per heavy atom. The van der Waals surface area contributed by atoms with Crippen LogP contribution in [0.1, 0.15) is 33.1 Å². The third-order valence-corrected chi connectivity index (χ3v) is 6.50. The van der Waals surface area contributed by atoms with E-state index < -0.39 is 6.36 Å². The van der Waals surface area contributed by atoms with Gasteiger partial charge in [-0.1, -0.05) is 23.1 Å². The molecule has 158 valence electrons. The van der Waals surface area contributed by atoms with Gasteiger partial charge in [-0.25, -0.2) is 0 Å². The van der Waals surface area contributed by atoms with Gasteiger partial charge in [0.05, 0.1) is 5.75 Å². The molecular formula is C18H21F3N4O2S2. The van der Waals surface area contributed by atoms with Gasteiger partial charge >= 0.3 is 6.36 Å². The van der Waals surface area contributed by atoms with Crippen molar-refractivity contribution in [3.05, 3.63) is 24.3 Å². The second kappa shape index (κ2) is 9.21. The Hall–Kier alpha value is -2.01. The van der Waals surface area contributed by atoms with Crippen molar-refractivity contribution in [1.29, 1.82) is 0 Å². The molecule has 1 saturated heterocycles. The number of thioether (sulfide) groups is 1. The highest BCUT2D eigenvalue weighted by molar-refractivity contribution is 8.01. The number of nitrogens with zero attached hydrogens (tertiary/aromatic N) is 3. The number of anilines is 2. The average molecular weight is 447 g/mol. The van der Waals surface area contributed by atoms with Gasteiger partial charge in [-0.2, -0.15) is 0 Å². The molecule has 11 heteroatoms. The van der Waals surface area contributed by atoms with Gasteiger partial charge < -0.3 is 15.0 Å². The minimum Gasteiger partial charge on any atom is -0.406 e. The molecule has 1 aliphatic heterocycles. The van der Waals surface area contributed by atoms with Crippen molar-refractivity contribution >= 4 is 39.8 Å². The molecule has 0 saturated carbocycles. The van der Waals surface area contributed by atoms with Crippen LogP contribution in [-0.2, 0) is 4.79 Å². The molecule has 2 aromatic rings. The summed E-state index contributed by atoms with van der Waals surface area (Å²) in [6.45, 7) is 4.16. The molecule has 2 atom stereocenters. The maximum absolute atomic E-state index is 12.6. The first-order chi connectivity index (χ1) is 13.7. The van der Waals surface area contributed by atoms with E-state index in [2.05, 4.69) is 34.1 Å². The van der Waals surface area contributed by atoms with Crippen LogP contribution in [0.2, 0.25) is 0 Å². The van der Waals surface area contributed by atoms with Crippen molar-refractivity contribution in [2.24, 2.45) is 0 Å². The van der Waals surface area contributed by atoms with Crippen LogP contribution >= 0.6 is 23.1 Å². The number of hydrogen-bond acceptors (Lipinski definition) is 7. The van der Waals surface area contributed by atoms with Crippen molar-refractivity contribution in [2.45, 2.75) is 55.9 Å². The highest BCUT2D eigenvalue weighted by Crippen LogP contribution is 2.30. The molecule has 29 heavy (non-hydrogen) atoms. The van der Waals surface area contributed by atoms with Gasteiger partial charge in [-0.05, 0) is 57.4 Å². The van der Waals surface area contributed by atoms with E-state index in [1.54, 1.807) is 0 Å². The summed E-state index contributed by atoms with van der Waals surface area (Å²) in [6.07, 6.45) is -1.52. The van der Waals surface area contributed by atoms with Gasteiger partial charge in [0.1, 0.15) is 5.75 Å². The molecule has 6 nitrogen and oxygen atoms in total. The van der Waals surface area contributed by atoms with E-state index >= 15 is 0 Å². The smallest absolute Gasteiger partial charge is 0.406 e. The largest absolute Gasteiger partial charge is 0.573 e. The molecule has 1 N–H and O–H groups in total. The molecule has 1 aliphatic rings. The minimum atomic E-state index is -4.72. The fraction of sp³-hybridized carbons (Fsp3) is 0.500. The van der Waals surface area contributed by atoms with Gasteiger partial charge in [0.15, 0.2) is 4.34 Å². The van der Waals surface area contributed by atoms with E-state index in [9.17, 15) is 18.0 Å². The van der Waals surface area contributed by atoms with E-state index in [1.165, 1.54) is 47.4 Å². The highest BCUT2D eigenvalue weighted by atomic mass is 32.2. The Morgan fingerprint density at radius 2 is 1.90 bits per heavy atom. The van der Waals surface area contributed by atoms with Crippen molar-refractivity contribution in [3.63, 3.8) is 0 Å². The maximum Gasteiger partial charge on any atom is 0.573 e. The molecule has 2 heterocycles. The number of nitrogens with one attached hydrogen (secondary N) is 1. The number of ether oxygens (including phenoxy) is 1. The lowest BCUT2D eigenvalue weighted by Gasteiger charge is -2.39. The summed E-state index contributed by atoms with van der Waals surface area (Å²) in [5.41, 5.74) is 0.555. The summed E-state index contributed by atoms with van der Waals surface area (Å²) >= 11 is 2.61. The zero-order valence-electron chi connectivity index (χ0n) is 15.9. The maximum atomic E-state index is 12.6. The van der Waals surface area contributed by atoms with Gasteiger partial charge in [0.25, 0.3) is 0 Å². The Labute approximate surface area is 174 Å². The number of alkyl halides is 3. The normalized spacial score (nSPS) is 19.8. The number of benzene rings is 1. The first-order valence-electron chi connectivity index (χ1n) is 9.11. The second-order valence-electron chi connectivity index (χ2n) is 6.79. The lowest BCUT2D eigenvalue weighted by molar-refractivity contribution is -0.274. The Bertz CT molecular complexity index is 819. The van der Waals surface area contributed by atoms with Crippen molar-refractivity contribution < 1.29 is 22.7 Å². The first-order valence-corrected chi connectivity index (χ1v) is 10.9. The molecule has 0 unspecified atom stereocenters. The number of amides is 1. The summed E-state index contributed by atoms with van der Waals surface area (Å²) in [4.78, 5) is 14.5. The van der Waals surface area contributed by atoms with Crippen molar-refractivity contribution in [2.75, 3.05) is 11.1 Å². The van der Waals surface area contributed by atoms with Crippen LogP contribution in [0.4, 0.5) is 24.0 Å². The molecule has 0 radical (unpaired) electrons. The Morgan fingerprint density at radius 1 is 1.24 bits per heavy atom. The van der Waals surface area contributed by atoms with Crippen LogP contribution in [0.25, 0.3) is 0 Å². The minimum absolute atomic E-state index is 0.0969. The quantitative estimate of drug-likeness (QED) is 0.626. The third-order valence-electron chi connectivity index (χ3n) is 4.55. The molecule has 1 aromatic heterocycles. The van der Waals surface area contributed by atoms with Gasteiger partial charge in [0.2, 0.25) is 11.0 Å². The van der Waals surface area contributed by atoms with Gasteiger partial charge in [-0.15, -0.1) is 23.4 Å². The number of carbonyl (C=O) groups excluding carboxylic acids is 1. The van der Waals surface area contributed by atoms with E-state index in [1.807, 2.05) is 4.90 Å². The predicted molar refractivity (Wildman–Crippen MR) is 107 cm³/mol. The number of halogens is 3. The van der Waals surface area contributed by atoms with Crippen LogP contribution in [0.15, 0.2) is 28.6 Å². The van der Waals surface area contributed by atoms with Gasteiger partial charge in [-0.3, -0.25) is 4.79 Å². The molecule has 0 aliphatic carbocycles. The van der Waals surface area contributed by atoms with Crippen molar-refractivity contribution in [1.82, 2.24) is 15.1 Å². The third kappa shape index (κ3) is 6.23. The highest BCUT2D eigenvalue weighted by Gasteiger charge is 2.31. The summed E-state index contributed by atoms with van der Waals surface area (Å²) in [5.74, 6) is 0.100. The van der Waals surface area contributed by atoms with E-state index in [0.717, 1.165) is 19.3 Å². The molecular weight excluding hydrogens is 425 g/mol. The summed E-state index contributed by atoms with van der Waals surface area (Å²) in [7, 11) is 0. The summed E-state index contributed by atoms with van der Waals surface area (Å²) < 4.78 is 41.1. The monoisotopic (exact) mass is 446 g/mol. The standard InChI is InChI=1S/C18H21F3N4O2S2/c1-11-4-3-5-12(2)25(11)15(26)10-28-17-24-23-16(29-17)22-13-6-8-14(9-7-13)27-18(19,20)21/h6-9,11-12H,3-5,10H2,1-2H3,(H,22,23)/t11-,12-/m1/s1. The summed E-state index contributed by atoms with van der Waals surface area (Å²) in [5, 5.41) is 11.5. The second-order valence-corrected chi connectivity index (χ2v) is 8.99. The fourth-order valence-electron chi connectivity index (χ4n) is 3.29. The van der Waals surface area contributed by atoms with E-state index in [-0.39, 0.29) is 23.7 Å². The lowest BCUT2D eigenvalue weighted by Crippen LogP contribution is -2.48. The molecule has 0 bridgehead atoms. The SMILES string of the molecule is C[C@@H]1CCC[C@@H](C)N1C(=O)CSc1nnc(Nc2ccc(OC(F)(F)F)cc2)s1. The van der Waals surface area contributed by atoms with Crippen molar-refractivity contribution in [3.8, 4) is 5.75 Å². The van der Waals surface area contributed by atoms with Crippen LogP contribution in [0.5, 0.6) is 5.75 Å². The number of piperidine rings is 1. The van der Waals surface area contributed by atoms with E-state index in [4.69, 9.17) is 0 Å². The van der Waals surface area contributed by atoms with Gasteiger partial charge in [0, 0.05) is 17.8 Å². The zero-order valence-corrected chi connectivity index (χ0v) is 17.5. The van der Waals surface area contributed by atoms with Crippen LogP contribution in [0, 0.1) is 0 Å². The number of carbonyl (C=O) groups is 1. The molecule has 1 fully saturated rings. The summed E-state index contributed by atoms with van der Waals surface area (Å²) in [6, 6.07) is 5.85. The zero-order chi connectivity index (χ0) is 21.0. The Kier molecular flexibility index (Phi) is 6.89. The average Bonchev–Trinajstić information content (AvgIpc) is 3.08. The fourth-order valence-corrected chi connectivity index (χ4v) is 4.93. The molecule has 1 amide bonds. The predicted octanol–water partition coefficient (Wildman–Crippen LogP) is 5.06. The van der Waals surface area contributed by atoms with E-state index in [0.29, 0.717) is 20.9 Å². The lowest BCUT2D eigenvalue weighted by atomic mass is 9.98. The Balaban J connectivity index is 1.52. The number of likely N-dealkylation sites (tertiary alicyclic amines) is 1. The molecule has 0 spiro atoms.